The number of carbonyl (C=O) groups is 1. The Balaban J connectivity index is 0.000000567. The summed E-state index contributed by atoms with van der Waals surface area (Å²) >= 11 is 0. The molecule has 2 aromatic rings. The summed E-state index contributed by atoms with van der Waals surface area (Å²) in [5, 5.41) is 12.1. The van der Waals surface area contributed by atoms with Crippen LogP contribution in [-0.4, -0.2) is 35.7 Å². The van der Waals surface area contributed by atoms with Gasteiger partial charge in [0.05, 0.1) is 11.5 Å². The second kappa shape index (κ2) is 11.4. The average molecular weight is 556 g/mol. The fraction of sp³-hybridized carbons (Fsp3) is 0.393. The number of nitrogens with one attached hydrogen (secondary N) is 1. The quantitative estimate of drug-likeness (QED) is 0.166. The molecule has 0 unspecified atom stereocenters. The molecule has 0 fully saturated rings. The topological polar surface area (TPSA) is 173 Å². The van der Waals surface area contributed by atoms with Crippen molar-refractivity contribution in [2.75, 3.05) is 24.5 Å². The first-order chi connectivity index (χ1) is 18.7. The zero-order chi connectivity index (χ0) is 27.6. The third-order valence-electron chi connectivity index (χ3n) is 7.26. The van der Waals surface area contributed by atoms with Crippen LogP contribution in [0, 0.1) is 10.2 Å². The van der Waals surface area contributed by atoms with Gasteiger partial charge >= 0.3 is 5.97 Å². The Labute approximate surface area is 226 Å². The Bertz CT molecular complexity index is 1540. The van der Waals surface area contributed by atoms with Crippen LogP contribution in [0.5, 0.6) is 0 Å². The number of hydrogen-bond donors (Lipinski definition) is 2. The Morgan fingerprint density at radius 1 is 1.03 bits per heavy atom. The summed E-state index contributed by atoms with van der Waals surface area (Å²) in [4.78, 5) is 22.0. The van der Waals surface area contributed by atoms with Gasteiger partial charge in [-0.3, -0.25) is 4.79 Å². The molecule has 206 valence electrons. The van der Waals surface area contributed by atoms with Gasteiger partial charge in [0, 0.05) is 42.6 Å². The lowest BCUT2D eigenvalue weighted by Gasteiger charge is -2.37. The van der Waals surface area contributed by atoms with Crippen LogP contribution in [0.25, 0.3) is 33.3 Å². The van der Waals surface area contributed by atoms with Crippen LogP contribution in [0.1, 0.15) is 49.7 Å². The van der Waals surface area contributed by atoms with Gasteiger partial charge in [0.1, 0.15) is 17.8 Å². The SMILES string of the molecule is O=C(O)CCCCC[NH+]=c1cc2oc3c4c5c(cc3nc-2c2ccccc12)CCCN5CCC4.[O-][Cl+3]([O-])([O-])[O-]. The fourth-order valence-electron chi connectivity index (χ4n) is 5.72. The number of carboxylic acid groups (broad SMARTS) is 1. The Hall–Kier alpha value is -3.28. The minimum Gasteiger partial charge on any atom is -0.481 e. The number of rotatable bonds is 6. The first kappa shape index (κ1) is 27.3. The molecule has 0 radical (unpaired) electrons. The van der Waals surface area contributed by atoms with Crippen LogP contribution < -0.4 is 33.9 Å². The number of fused-ring (bicyclic) bond motifs is 5. The van der Waals surface area contributed by atoms with Crippen molar-refractivity contribution in [3.05, 3.63) is 52.9 Å². The van der Waals surface area contributed by atoms with Crippen molar-refractivity contribution in [1.82, 2.24) is 4.98 Å². The highest BCUT2D eigenvalue weighted by Crippen LogP contribution is 2.41. The minimum absolute atomic E-state index is 0.236. The van der Waals surface area contributed by atoms with Gasteiger partial charge in [-0.1, -0.05) is 18.2 Å². The molecule has 0 bridgehead atoms. The van der Waals surface area contributed by atoms with E-state index in [-0.39, 0.29) is 6.42 Å². The molecule has 0 amide bonds. The Morgan fingerprint density at radius 2 is 1.74 bits per heavy atom. The molecule has 2 N–H and O–H groups in total. The van der Waals surface area contributed by atoms with Crippen molar-refractivity contribution in [3.8, 4) is 11.5 Å². The minimum atomic E-state index is -4.94. The molecule has 10 nitrogen and oxygen atoms in total. The largest absolute Gasteiger partial charge is 0.481 e. The molecule has 2 aromatic carbocycles. The van der Waals surface area contributed by atoms with E-state index in [0.29, 0.717) is 6.42 Å². The zero-order valence-electron chi connectivity index (χ0n) is 21.4. The van der Waals surface area contributed by atoms with Gasteiger partial charge in [0.25, 0.3) is 0 Å². The van der Waals surface area contributed by atoms with Gasteiger partial charge in [-0.2, -0.15) is 0 Å². The van der Waals surface area contributed by atoms with E-state index in [1.165, 1.54) is 23.2 Å². The molecule has 3 aliphatic heterocycles. The molecule has 1 aliphatic carbocycles. The normalized spacial score (nSPS) is 15.4. The van der Waals surface area contributed by atoms with E-state index in [1.807, 2.05) is 0 Å². The number of carboxylic acids is 1. The second-order valence-electron chi connectivity index (χ2n) is 9.94. The van der Waals surface area contributed by atoms with Crippen LogP contribution in [0.3, 0.4) is 0 Å². The van der Waals surface area contributed by atoms with Crippen LogP contribution in [0.4, 0.5) is 5.69 Å². The number of anilines is 1. The van der Waals surface area contributed by atoms with E-state index in [4.69, 9.17) is 33.1 Å². The number of aromatic nitrogens is 1. The van der Waals surface area contributed by atoms with Crippen molar-refractivity contribution in [2.45, 2.75) is 51.4 Å². The van der Waals surface area contributed by atoms with Gasteiger partial charge in [0.15, 0.2) is 11.3 Å². The van der Waals surface area contributed by atoms with Crippen LogP contribution in [-0.2, 0) is 17.6 Å². The molecule has 6 rings (SSSR count). The zero-order valence-corrected chi connectivity index (χ0v) is 22.2. The fourth-order valence-corrected chi connectivity index (χ4v) is 5.72. The molecule has 4 aliphatic rings. The van der Waals surface area contributed by atoms with Crippen LogP contribution in [0.2, 0.25) is 0 Å². The first-order valence-electron chi connectivity index (χ1n) is 13.2. The molecule has 39 heavy (non-hydrogen) atoms. The number of halogens is 1. The number of unbranched alkanes of at least 4 members (excludes halogenated alkanes) is 2. The highest BCUT2D eigenvalue weighted by atomic mass is 35.7. The predicted octanol–water partition coefficient (Wildman–Crippen LogP) is -1.35. The monoisotopic (exact) mass is 555 g/mol. The van der Waals surface area contributed by atoms with E-state index >= 15 is 0 Å². The summed E-state index contributed by atoms with van der Waals surface area (Å²) in [7, 11) is -4.94. The number of hydrogen-bond acceptors (Lipinski definition) is 8. The maximum Gasteiger partial charge on any atom is 0.303 e. The first-order valence-corrected chi connectivity index (χ1v) is 14.4. The summed E-state index contributed by atoms with van der Waals surface area (Å²) in [6, 6.07) is 12.7. The van der Waals surface area contributed by atoms with Crippen LogP contribution in [0.15, 0.2) is 40.8 Å². The van der Waals surface area contributed by atoms with E-state index in [0.717, 1.165) is 90.4 Å². The van der Waals surface area contributed by atoms with Crippen LogP contribution >= 0.6 is 0 Å². The maximum absolute atomic E-state index is 10.7. The number of aryl methyl sites for hydroxylation is 2. The van der Waals surface area contributed by atoms with E-state index in [9.17, 15) is 4.79 Å². The number of benzene rings is 3. The third kappa shape index (κ3) is 6.32. The highest BCUT2D eigenvalue weighted by molar-refractivity contribution is 5.97. The molecule has 3 heterocycles. The number of nitrogens with zero attached hydrogens (tertiary/aromatic N) is 2. The van der Waals surface area contributed by atoms with E-state index < -0.39 is 16.2 Å². The van der Waals surface area contributed by atoms with Crippen molar-refractivity contribution < 1.29 is 48.2 Å². The van der Waals surface area contributed by atoms with Crippen molar-refractivity contribution in [2.24, 2.45) is 0 Å². The molecule has 0 atom stereocenters. The van der Waals surface area contributed by atoms with Gasteiger partial charge < -0.3 is 14.4 Å². The average Bonchev–Trinajstić information content (AvgIpc) is 2.89. The Morgan fingerprint density at radius 3 is 2.49 bits per heavy atom. The highest BCUT2D eigenvalue weighted by Gasteiger charge is 2.28. The molecule has 0 aromatic heterocycles. The summed E-state index contributed by atoms with van der Waals surface area (Å²) in [5.41, 5.74) is 6.96. The molecular formula is C28H30ClN3O7. The standard InChI is InChI=1S/C28H29N3O3.ClHO4/c32-25(33)12-2-1-5-13-29-22-17-24-26(20-10-4-3-9-19(20)22)30-23-16-18-8-6-14-31-15-7-11-21(27(18)31)28(23)34-24;2-1(3,4)5/h3-4,9-10,16-17H,1-2,5-8,11-15H2,(H,32,33);(H,2,3,4,5). The lowest BCUT2D eigenvalue weighted by Crippen LogP contribution is -2.76. The van der Waals surface area contributed by atoms with E-state index in [1.54, 1.807) is 0 Å². The predicted molar refractivity (Wildman–Crippen MR) is 132 cm³/mol. The molecule has 0 saturated heterocycles. The maximum atomic E-state index is 10.7. The summed E-state index contributed by atoms with van der Waals surface area (Å²) in [6.45, 7) is 3.07. The summed E-state index contributed by atoms with van der Waals surface area (Å²) < 4.78 is 40.6. The molecular weight excluding hydrogens is 526 g/mol. The lowest BCUT2D eigenvalue weighted by molar-refractivity contribution is -2.00. The smallest absolute Gasteiger partial charge is 0.303 e. The van der Waals surface area contributed by atoms with Gasteiger partial charge in [-0.15, -0.1) is 10.2 Å². The number of aliphatic carboxylic acids is 1. The van der Waals surface area contributed by atoms with Crippen molar-refractivity contribution >= 4 is 33.5 Å². The molecule has 0 saturated carbocycles. The molecule has 0 spiro atoms. The van der Waals surface area contributed by atoms with E-state index in [2.05, 4.69) is 46.3 Å². The summed E-state index contributed by atoms with van der Waals surface area (Å²) in [5.74, 6) is 0.0851. The Kier molecular flexibility index (Phi) is 8.01. The lowest BCUT2D eigenvalue weighted by atomic mass is 9.91. The van der Waals surface area contributed by atoms with Crippen molar-refractivity contribution in [3.63, 3.8) is 0 Å². The summed E-state index contributed by atoms with van der Waals surface area (Å²) in [6.07, 6.45) is 7.30. The van der Waals surface area contributed by atoms with Gasteiger partial charge in [-0.25, -0.2) is 28.6 Å². The second-order valence-corrected chi connectivity index (χ2v) is 10.7. The van der Waals surface area contributed by atoms with Gasteiger partial charge in [0.2, 0.25) is 5.36 Å². The molecule has 11 heteroatoms. The van der Waals surface area contributed by atoms with Gasteiger partial charge in [-0.05, 0) is 56.2 Å². The third-order valence-corrected chi connectivity index (χ3v) is 7.26. The van der Waals surface area contributed by atoms with Crippen molar-refractivity contribution in [1.29, 1.82) is 0 Å².